The Balaban J connectivity index is 2.30. The summed E-state index contributed by atoms with van der Waals surface area (Å²) in [6.07, 6.45) is -0.103. The molecule has 0 saturated carbocycles. The largest absolute Gasteiger partial charge is 0.388 e. The van der Waals surface area contributed by atoms with Gasteiger partial charge in [0.1, 0.15) is 6.10 Å². The van der Waals surface area contributed by atoms with Gasteiger partial charge < -0.3 is 14.6 Å². The minimum Gasteiger partial charge on any atom is -0.388 e. The van der Waals surface area contributed by atoms with Crippen molar-refractivity contribution in [3.63, 3.8) is 0 Å². The Kier molecular flexibility index (Phi) is 1.83. The van der Waals surface area contributed by atoms with Crippen LogP contribution in [0.4, 0.5) is 0 Å². The molecule has 8 heavy (non-hydrogen) atoms. The maximum atomic E-state index is 8.94. The maximum Gasteiger partial charge on any atom is 0.183 e. The molecule has 1 rings (SSSR count). The van der Waals surface area contributed by atoms with Crippen LogP contribution < -0.4 is 0 Å². The van der Waals surface area contributed by atoms with Crippen LogP contribution in [0.5, 0.6) is 0 Å². The van der Waals surface area contributed by atoms with E-state index in [1.807, 2.05) is 0 Å². The van der Waals surface area contributed by atoms with E-state index in [2.05, 4.69) is 0 Å². The van der Waals surface area contributed by atoms with E-state index in [9.17, 15) is 0 Å². The second kappa shape index (κ2) is 2.44. The van der Waals surface area contributed by atoms with E-state index >= 15 is 0 Å². The predicted molar refractivity (Wildman–Crippen MR) is 27.4 cm³/mol. The van der Waals surface area contributed by atoms with Crippen LogP contribution in [0, 0.1) is 0 Å². The van der Waals surface area contributed by atoms with Gasteiger partial charge in [0, 0.05) is 13.5 Å². The Hall–Kier alpha value is -0.120. The van der Waals surface area contributed by atoms with Crippen LogP contribution >= 0.6 is 0 Å². The summed E-state index contributed by atoms with van der Waals surface area (Å²) in [7, 11) is 1.53. The summed E-state index contributed by atoms with van der Waals surface area (Å²) < 4.78 is 9.69. The summed E-state index contributed by atoms with van der Waals surface area (Å²) in [5.74, 6) is 0. The van der Waals surface area contributed by atoms with Gasteiger partial charge in [-0.3, -0.25) is 0 Å². The molecule has 3 heteroatoms. The Morgan fingerprint density at radius 1 is 1.75 bits per heavy atom. The number of aliphatic hydroxyl groups is 1. The highest BCUT2D eigenvalue weighted by Gasteiger charge is 2.24. The molecule has 0 radical (unpaired) electrons. The molecule has 0 aromatic heterocycles. The fourth-order valence-electron chi connectivity index (χ4n) is 0.777. The van der Waals surface area contributed by atoms with Gasteiger partial charge in [-0.25, -0.2) is 0 Å². The zero-order valence-corrected chi connectivity index (χ0v) is 4.83. The Morgan fingerprint density at radius 2 is 2.50 bits per heavy atom. The molecule has 0 unspecified atom stereocenters. The molecular weight excluding hydrogens is 108 g/mol. The van der Waals surface area contributed by atoms with Gasteiger partial charge in [-0.15, -0.1) is 0 Å². The second-order valence-corrected chi connectivity index (χ2v) is 1.83. The standard InChI is InChI=1S/C5H10O3/c1-7-5-4(6)2-3-8-5/h4-6H,2-3H2,1H3/t4-,5-/m1/s1. The zero-order valence-electron chi connectivity index (χ0n) is 4.83. The van der Waals surface area contributed by atoms with E-state index in [1.54, 1.807) is 0 Å². The monoisotopic (exact) mass is 118 g/mol. The summed E-state index contributed by atoms with van der Waals surface area (Å²) in [6.45, 7) is 0.611. The topological polar surface area (TPSA) is 38.7 Å². The van der Waals surface area contributed by atoms with Gasteiger partial charge in [-0.05, 0) is 0 Å². The first-order valence-electron chi connectivity index (χ1n) is 2.67. The van der Waals surface area contributed by atoms with E-state index in [0.29, 0.717) is 13.0 Å². The van der Waals surface area contributed by atoms with Gasteiger partial charge in [-0.1, -0.05) is 0 Å². The lowest BCUT2D eigenvalue weighted by Crippen LogP contribution is -2.22. The van der Waals surface area contributed by atoms with Crippen LogP contribution in [0.2, 0.25) is 0 Å². The summed E-state index contributed by atoms with van der Waals surface area (Å²) in [4.78, 5) is 0. The number of methoxy groups -OCH3 is 1. The molecule has 0 aromatic rings. The molecule has 1 heterocycles. The lowest BCUT2D eigenvalue weighted by atomic mass is 10.3. The number of aliphatic hydroxyl groups excluding tert-OH is 1. The van der Waals surface area contributed by atoms with Gasteiger partial charge in [-0.2, -0.15) is 0 Å². The van der Waals surface area contributed by atoms with E-state index < -0.39 is 6.10 Å². The van der Waals surface area contributed by atoms with Crippen LogP contribution in [0.3, 0.4) is 0 Å². The van der Waals surface area contributed by atoms with Crippen LogP contribution in [0.15, 0.2) is 0 Å². The van der Waals surface area contributed by atoms with Gasteiger partial charge in [0.05, 0.1) is 6.61 Å². The molecule has 0 amide bonds. The van der Waals surface area contributed by atoms with E-state index in [1.165, 1.54) is 7.11 Å². The molecule has 0 aliphatic carbocycles. The fraction of sp³-hybridized carbons (Fsp3) is 1.00. The molecule has 1 N–H and O–H groups in total. The number of hydrogen-bond acceptors (Lipinski definition) is 3. The van der Waals surface area contributed by atoms with Crippen molar-refractivity contribution >= 4 is 0 Å². The highest BCUT2D eigenvalue weighted by Crippen LogP contribution is 2.12. The molecular formula is C5H10O3. The van der Waals surface area contributed by atoms with Crippen LogP contribution in [0.1, 0.15) is 6.42 Å². The van der Waals surface area contributed by atoms with Crippen molar-refractivity contribution in [3.8, 4) is 0 Å². The molecule has 1 aliphatic rings. The summed E-state index contributed by atoms with van der Waals surface area (Å²) >= 11 is 0. The summed E-state index contributed by atoms with van der Waals surface area (Å²) in [5.41, 5.74) is 0. The Morgan fingerprint density at radius 3 is 2.75 bits per heavy atom. The Bertz CT molecular complexity index is 74.1. The van der Waals surface area contributed by atoms with Crippen molar-refractivity contribution in [1.29, 1.82) is 0 Å². The Labute approximate surface area is 48.2 Å². The highest BCUT2D eigenvalue weighted by atomic mass is 16.7. The van der Waals surface area contributed by atoms with Crippen LogP contribution in [-0.4, -0.2) is 31.2 Å². The third-order valence-electron chi connectivity index (χ3n) is 1.24. The summed E-state index contributed by atoms with van der Waals surface area (Å²) in [6, 6.07) is 0. The number of ether oxygens (including phenoxy) is 2. The average molecular weight is 118 g/mol. The molecule has 48 valence electrons. The van der Waals surface area contributed by atoms with Crippen LogP contribution in [0.25, 0.3) is 0 Å². The van der Waals surface area contributed by atoms with Gasteiger partial charge >= 0.3 is 0 Å². The third kappa shape index (κ3) is 0.992. The molecule has 1 saturated heterocycles. The van der Waals surface area contributed by atoms with E-state index in [0.717, 1.165) is 0 Å². The van der Waals surface area contributed by atoms with Crippen LogP contribution in [-0.2, 0) is 9.47 Å². The van der Waals surface area contributed by atoms with Crippen molar-refractivity contribution in [3.05, 3.63) is 0 Å². The molecule has 0 aromatic carbocycles. The molecule has 2 atom stereocenters. The number of hydrogen-bond donors (Lipinski definition) is 1. The summed E-state index contributed by atoms with van der Waals surface area (Å²) in [5, 5.41) is 8.94. The molecule has 1 fully saturated rings. The highest BCUT2D eigenvalue weighted by molar-refractivity contribution is 4.65. The van der Waals surface area contributed by atoms with E-state index in [-0.39, 0.29) is 6.29 Å². The molecule has 0 spiro atoms. The number of rotatable bonds is 1. The zero-order chi connectivity index (χ0) is 5.98. The van der Waals surface area contributed by atoms with Crippen molar-refractivity contribution in [1.82, 2.24) is 0 Å². The maximum absolute atomic E-state index is 8.94. The quantitative estimate of drug-likeness (QED) is 0.515. The fourth-order valence-corrected chi connectivity index (χ4v) is 0.777. The molecule has 1 aliphatic heterocycles. The lowest BCUT2D eigenvalue weighted by Gasteiger charge is -2.09. The smallest absolute Gasteiger partial charge is 0.183 e. The van der Waals surface area contributed by atoms with Crippen molar-refractivity contribution in [2.45, 2.75) is 18.8 Å². The van der Waals surface area contributed by atoms with Gasteiger partial charge in [0.25, 0.3) is 0 Å². The normalized spacial score (nSPS) is 38.2. The molecule has 0 bridgehead atoms. The first kappa shape index (κ1) is 6.01. The SMILES string of the molecule is CO[C@@H]1OCC[C@H]1O. The van der Waals surface area contributed by atoms with Gasteiger partial charge in [0.15, 0.2) is 6.29 Å². The first-order valence-corrected chi connectivity index (χ1v) is 2.67. The van der Waals surface area contributed by atoms with Crippen molar-refractivity contribution in [2.24, 2.45) is 0 Å². The first-order chi connectivity index (χ1) is 3.84. The minimum absolute atomic E-state index is 0.380. The second-order valence-electron chi connectivity index (χ2n) is 1.83. The predicted octanol–water partition coefficient (Wildman–Crippen LogP) is -0.260. The average Bonchev–Trinajstić information content (AvgIpc) is 2.14. The van der Waals surface area contributed by atoms with E-state index in [4.69, 9.17) is 14.6 Å². The van der Waals surface area contributed by atoms with Gasteiger partial charge in [0.2, 0.25) is 0 Å². The van der Waals surface area contributed by atoms with Crippen molar-refractivity contribution in [2.75, 3.05) is 13.7 Å². The lowest BCUT2D eigenvalue weighted by molar-refractivity contribution is -0.131. The van der Waals surface area contributed by atoms with Crippen molar-refractivity contribution < 1.29 is 14.6 Å². The molecule has 3 nitrogen and oxygen atoms in total. The third-order valence-corrected chi connectivity index (χ3v) is 1.24. The minimum atomic E-state index is -0.417.